The van der Waals surface area contributed by atoms with E-state index in [2.05, 4.69) is 5.32 Å². The summed E-state index contributed by atoms with van der Waals surface area (Å²) >= 11 is 0. The molecule has 3 unspecified atom stereocenters. The number of nitrogens with one attached hydrogen (secondary N) is 1. The Morgan fingerprint density at radius 2 is 1.52 bits per heavy atom. The van der Waals surface area contributed by atoms with Crippen molar-refractivity contribution in [3.63, 3.8) is 0 Å². The summed E-state index contributed by atoms with van der Waals surface area (Å²) in [5.74, 6) is -2.25. The number of ether oxygens (including phenoxy) is 1. The maximum atomic E-state index is 14.3. The fraction of sp³-hybridized carbons (Fsp3) is 0.395. The van der Waals surface area contributed by atoms with Crippen LogP contribution >= 0.6 is 0 Å². The predicted octanol–water partition coefficient (Wildman–Crippen LogP) is 7.02. The highest BCUT2D eigenvalue weighted by atomic mass is 19.1. The van der Waals surface area contributed by atoms with Crippen LogP contribution in [0.2, 0.25) is 0 Å². The van der Waals surface area contributed by atoms with Crippen LogP contribution in [0.25, 0.3) is 11.6 Å². The lowest BCUT2D eigenvalue weighted by Gasteiger charge is -2.38. The van der Waals surface area contributed by atoms with Gasteiger partial charge in [-0.2, -0.15) is 0 Å². The molecule has 3 aromatic carbocycles. The first kappa shape index (κ1) is 36.3. The maximum Gasteiger partial charge on any atom is 0.313 e. The average Bonchev–Trinajstić information content (AvgIpc) is 2.98. The quantitative estimate of drug-likeness (QED) is 0.106. The molecule has 8 heteroatoms. The van der Waals surface area contributed by atoms with E-state index in [1.54, 1.807) is 32.9 Å². The fourth-order valence-electron chi connectivity index (χ4n) is 5.57. The molecule has 0 aliphatic carbocycles. The number of ketones is 1. The van der Waals surface area contributed by atoms with Crippen molar-refractivity contribution in [3.05, 3.63) is 102 Å². The Morgan fingerprint density at radius 3 is 2.09 bits per heavy atom. The van der Waals surface area contributed by atoms with Crippen LogP contribution in [0.4, 0.5) is 10.1 Å². The number of nitrogens with zero attached hydrogens (tertiary/aromatic N) is 1. The zero-order valence-electron chi connectivity index (χ0n) is 27.7. The number of para-hydroxylation sites is 1. The fourth-order valence-corrected chi connectivity index (χ4v) is 5.57. The number of rotatable bonds is 15. The Bertz CT molecular complexity index is 1450. The largest absolute Gasteiger partial charge is 0.460 e. The molecular weight excluding hydrogens is 583 g/mol. The molecule has 2 N–H and O–H groups in total. The van der Waals surface area contributed by atoms with Gasteiger partial charge < -0.3 is 20.1 Å². The molecule has 3 rings (SSSR count). The maximum absolute atomic E-state index is 14.3. The molecular formula is C38H47FN2O5. The highest BCUT2D eigenvalue weighted by Gasteiger charge is 2.37. The highest BCUT2D eigenvalue weighted by Crippen LogP contribution is 2.35. The number of carbonyl (C=O) groups is 3. The first-order valence-corrected chi connectivity index (χ1v) is 15.7. The van der Waals surface area contributed by atoms with Crippen LogP contribution < -0.4 is 5.32 Å². The normalized spacial score (nSPS) is 14.1. The van der Waals surface area contributed by atoms with Crippen molar-refractivity contribution < 1.29 is 28.6 Å². The van der Waals surface area contributed by atoms with E-state index in [1.165, 1.54) is 12.1 Å². The molecule has 0 heterocycles. The van der Waals surface area contributed by atoms with Gasteiger partial charge in [-0.1, -0.05) is 80.6 Å². The molecule has 0 saturated heterocycles. The molecule has 0 bridgehead atoms. The number of benzene rings is 3. The summed E-state index contributed by atoms with van der Waals surface area (Å²) in [5, 5.41) is 13.9. The van der Waals surface area contributed by atoms with Gasteiger partial charge in [0.05, 0.1) is 12.0 Å². The van der Waals surface area contributed by atoms with Crippen molar-refractivity contribution in [2.24, 2.45) is 11.8 Å². The van der Waals surface area contributed by atoms with Crippen molar-refractivity contribution in [2.75, 3.05) is 18.9 Å². The van der Waals surface area contributed by atoms with Crippen LogP contribution in [0.3, 0.4) is 0 Å². The molecule has 0 aromatic heterocycles. The summed E-state index contributed by atoms with van der Waals surface area (Å²) in [5.41, 5.74) is 2.33. The van der Waals surface area contributed by atoms with Crippen LogP contribution in [0.15, 0.2) is 84.9 Å². The molecule has 0 saturated carbocycles. The van der Waals surface area contributed by atoms with Gasteiger partial charge in [-0.05, 0) is 81.1 Å². The van der Waals surface area contributed by atoms with Crippen molar-refractivity contribution in [1.82, 2.24) is 4.90 Å². The zero-order chi connectivity index (χ0) is 33.9. The van der Waals surface area contributed by atoms with Crippen LogP contribution in [0.1, 0.15) is 65.0 Å². The van der Waals surface area contributed by atoms with Gasteiger partial charge in [0.1, 0.15) is 23.6 Å². The van der Waals surface area contributed by atoms with E-state index in [9.17, 15) is 23.9 Å². The Morgan fingerprint density at radius 1 is 0.935 bits per heavy atom. The Hall–Kier alpha value is -4.14. The second kappa shape index (κ2) is 17.0. The first-order chi connectivity index (χ1) is 21.7. The smallest absolute Gasteiger partial charge is 0.313 e. The van der Waals surface area contributed by atoms with Gasteiger partial charge in [0.15, 0.2) is 0 Å². The number of carbonyl (C=O) groups excluding carboxylic acids is 3. The second-order valence-corrected chi connectivity index (χ2v) is 13.0. The van der Waals surface area contributed by atoms with Crippen molar-refractivity contribution in [1.29, 1.82) is 0 Å². The van der Waals surface area contributed by atoms with Gasteiger partial charge in [0.25, 0.3) is 0 Å². The van der Waals surface area contributed by atoms with Gasteiger partial charge >= 0.3 is 5.97 Å². The molecule has 1 amide bonds. The first-order valence-electron chi connectivity index (χ1n) is 15.7. The Balaban J connectivity index is 1.92. The van der Waals surface area contributed by atoms with E-state index in [-0.39, 0.29) is 36.5 Å². The number of anilines is 1. The minimum absolute atomic E-state index is 0.0113. The van der Waals surface area contributed by atoms with Crippen LogP contribution in [0, 0.1) is 17.7 Å². The van der Waals surface area contributed by atoms with Crippen LogP contribution in [-0.4, -0.2) is 59.0 Å². The lowest BCUT2D eigenvalue weighted by atomic mass is 9.79. The minimum atomic E-state index is -0.967. The summed E-state index contributed by atoms with van der Waals surface area (Å²) in [7, 11) is 1.91. The third-order valence-corrected chi connectivity index (χ3v) is 7.53. The number of hydrogen-bond acceptors (Lipinski definition) is 6. The van der Waals surface area contributed by atoms with Gasteiger partial charge in [0.2, 0.25) is 5.91 Å². The standard InChI is InChI=1S/C38H47FN2O5/c1-26(2)36(41(6)22-21-31(42)24-32(43)25-34(44)46-38(3,4)5)35(37(45)40-30-15-11-8-12-16-30)33(28-13-9-7-10-14-28)23-27-17-19-29(39)20-18-27/h7-20,23,26,31,35-36,42H,21-22,24-25H2,1-6H3,(H,40,45)/b33-23+. The molecule has 0 radical (unpaired) electrons. The molecule has 0 aliphatic rings. The third-order valence-electron chi connectivity index (χ3n) is 7.53. The predicted molar refractivity (Wildman–Crippen MR) is 181 cm³/mol. The van der Waals surface area contributed by atoms with Crippen molar-refractivity contribution in [2.45, 2.75) is 71.6 Å². The van der Waals surface area contributed by atoms with E-state index in [0.717, 1.165) is 16.7 Å². The van der Waals surface area contributed by atoms with Gasteiger partial charge in [0, 0.05) is 24.7 Å². The number of esters is 1. The van der Waals surface area contributed by atoms with Gasteiger partial charge in [-0.25, -0.2) is 4.39 Å². The SMILES string of the molecule is CC(C)C(C(C(=O)Nc1ccccc1)/C(=C/c1ccc(F)cc1)c1ccccc1)N(C)CCC(O)CC(=O)CC(=O)OC(C)(C)C. The lowest BCUT2D eigenvalue weighted by Crippen LogP contribution is -2.48. The summed E-state index contributed by atoms with van der Waals surface area (Å²) in [6.07, 6.45) is 0.656. The molecule has 7 nitrogen and oxygen atoms in total. The Labute approximate surface area is 272 Å². The average molecular weight is 631 g/mol. The zero-order valence-corrected chi connectivity index (χ0v) is 27.7. The van der Waals surface area contributed by atoms with Crippen LogP contribution in [-0.2, 0) is 19.1 Å². The van der Waals surface area contributed by atoms with Crippen LogP contribution in [0.5, 0.6) is 0 Å². The number of amides is 1. The molecule has 0 fully saturated rings. The monoisotopic (exact) mass is 630 g/mol. The Kier molecular flexibility index (Phi) is 13.4. The summed E-state index contributed by atoms with van der Waals surface area (Å²) in [6, 6.07) is 24.7. The summed E-state index contributed by atoms with van der Waals surface area (Å²) in [6.45, 7) is 9.68. The van der Waals surface area contributed by atoms with Crippen molar-refractivity contribution in [3.8, 4) is 0 Å². The number of hydrogen-bond donors (Lipinski definition) is 2. The number of Topliss-reactive ketones (excluding diaryl/α,β-unsaturated/α-hetero) is 1. The van der Waals surface area contributed by atoms with E-state index in [0.29, 0.717) is 12.2 Å². The lowest BCUT2D eigenvalue weighted by molar-refractivity contribution is -0.156. The van der Waals surface area contributed by atoms with E-state index < -0.39 is 35.8 Å². The molecule has 0 spiro atoms. The van der Waals surface area contributed by atoms with E-state index in [1.807, 2.05) is 92.5 Å². The van der Waals surface area contributed by atoms with E-state index >= 15 is 0 Å². The number of aliphatic hydroxyl groups is 1. The molecule has 46 heavy (non-hydrogen) atoms. The molecule has 0 aliphatic heterocycles. The molecule has 246 valence electrons. The van der Waals surface area contributed by atoms with Gasteiger partial charge in [-0.3, -0.25) is 14.4 Å². The molecule has 3 atom stereocenters. The minimum Gasteiger partial charge on any atom is -0.460 e. The second-order valence-electron chi connectivity index (χ2n) is 13.0. The number of halogens is 1. The van der Waals surface area contributed by atoms with E-state index in [4.69, 9.17) is 4.74 Å². The topological polar surface area (TPSA) is 95.9 Å². The molecule has 3 aromatic rings. The highest BCUT2D eigenvalue weighted by molar-refractivity contribution is 6.04. The van der Waals surface area contributed by atoms with Gasteiger partial charge in [-0.15, -0.1) is 0 Å². The van der Waals surface area contributed by atoms with Crippen molar-refractivity contribution >= 4 is 35.0 Å². The summed E-state index contributed by atoms with van der Waals surface area (Å²) in [4.78, 5) is 41.0. The third kappa shape index (κ3) is 11.7. The summed E-state index contributed by atoms with van der Waals surface area (Å²) < 4.78 is 19.0. The number of aliphatic hydroxyl groups excluding tert-OH is 1.